The fourth-order valence-corrected chi connectivity index (χ4v) is 4.39. The molecule has 8 heteroatoms. The Morgan fingerprint density at radius 2 is 2.26 bits per heavy atom. The molecule has 0 aromatic carbocycles. The molecule has 1 aliphatic heterocycles. The summed E-state index contributed by atoms with van der Waals surface area (Å²) >= 11 is 3.35. The molecular formula is C11H12N6S2. The van der Waals surface area contributed by atoms with Crippen molar-refractivity contribution in [2.45, 2.75) is 18.1 Å². The minimum Gasteiger partial charge on any atom is -0.301 e. The molecule has 0 saturated carbocycles. The molecule has 19 heavy (non-hydrogen) atoms. The number of tetrazole rings is 1. The molecule has 0 spiro atoms. The molecule has 98 valence electrons. The highest BCUT2D eigenvalue weighted by atomic mass is 32.2. The summed E-state index contributed by atoms with van der Waals surface area (Å²) in [5.74, 6) is 0. The Bertz CT molecular complexity index is 776. The maximum Gasteiger partial charge on any atom is 0.193 e. The predicted octanol–water partition coefficient (Wildman–Crippen LogP) is 1.44. The van der Waals surface area contributed by atoms with E-state index in [1.165, 1.54) is 10.4 Å². The molecule has 1 aliphatic rings. The molecule has 0 atom stereocenters. The molecule has 0 saturated heterocycles. The van der Waals surface area contributed by atoms with Gasteiger partial charge in [-0.1, -0.05) is 11.8 Å². The van der Waals surface area contributed by atoms with E-state index in [0.717, 1.165) is 40.5 Å². The van der Waals surface area contributed by atoms with Crippen molar-refractivity contribution in [3.8, 4) is 0 Å². The average molecular weight is 292 g/mol. The van der Waals surface area contributed by atoms with Crippen molar-refractivity contribution in [3.05, 3.63) is 10.4 Å². The normalized spacial score (nSPS) is 16.3. The van der Waals surface area contributed by atoms with Crippen LogP contribution in [0.3, 0.4) is 0 Å². The SMILES string of the molecule is CSc1nc2sc3c(c2c2nnnn12)CCN(C)C3. The van der Waals surface area contributed by atoms with Crippen LogP contribution >= 0.6 is 23.1 Å². The molecule has 4 rings (SSSR count). The lowest BCUT2D eigenvalue weighted by atomic mass is 10.1. The first-order chi connectivity index (χ1) is 9.28. The molecule has 0 aliphatic carbocycles. The van der Waals surface area contributed by atoms with Gasteiger partial charge in [0.2, 0.25) is 0 Å². The zero-order valence-electron chi connectivity index (χ0n) is 10.6. The molecular weight excluding hydrogens is 280 g/mol. The maximum absolute atomic E-state index is 4.71. The van der Waals surface area contributed by atoms with Gasteiger partial charge in [0.05, 0.1) is 5.39 Å². The summed E-state index contributed by atoms with van der Waals surface area (Å²) in [5, 5.41) is 14.0. The number of thiophene rings is 1. The van der Waals surface area contributed by atoms with Crippen molar-refractivity contribution in [1.82, 2.24) is 29.9 Å². The second-order valence-corrected chi connectivity index (χ2v) is 6.54. The van der Waals surface area contributed by atoms with Gasteiger partial charge < -0.3 is 4.90 Å². The summed E-state index contributed by atoms with van der Waals surface area (Å²) in [4.78, 5) is 9.51. The fourth-order valence-electron chi connectivity index (χ4n) is 2.56. The number of thioether (sulfide) groups is 1. The second kappa shape index (κ2) is 4.12. The van der Waals surface area contributed by atoms with Crippen molar-refractivity contribution >= 4 is 39.0 Å². The van der Waals surface area contributed by atoms with E-state index in [-0.39, 0.29) is 0 Å². The lowest BCUT2D eigenvalue weighted by molar-refractivity contribution is 0.318. The van der Waals surface area contributed by atoms with Crippen LogP contribution in [0.15, 0.2) is 5.16 Å². The molecule has 3 aromatic heterocycles. The first kappa shape index (κ1) is 11.6. The Balaban J connectivity index is 2.11. The average Bonchev–Trinajstić information content (AvgIpc) is 2.99. The Labute approximate surface area is 117 Å². The third-order valence-electron chi connectivity index (χ3n) is 3.48. The van der Waals surface area contributed by atoms with Gasteiger partial charge in [0.25, 0.3) is 0 Å². The van der Waals surface area contributed by atoms with Gasteiger partial charge in [-0.2, -0.15) is 4.52 Å². The zero-order chi connectivity index (χ0) is 13.0. The lowest BCUT2D eigenvalue weighted by Crippen LogP contribution is -2.25. The Morgan fingerprint density at radius 3 is 3.11 bits per heavy atom. The summed E-state index contributed by atoms with van der Waals surface area (Å²) in [6.07, 6.45) is 3.05. The molecule has 6 nitrogen and oxygen atoms in total. The van der Waals surface area contributed by atoms with Crippen LogP contribution in [-0.2, 0) is 13.0 Å². The molecule has 0 N–H and O–H groups in total. The topological polar surface area (TPSA) is 59.2 Å². The van der Waals surface area contributed by atoms with Crippen LogP contribution in [0, 0.1) is 0 Å². The monoisotopic (exact) mass is 292 g/mol. The highest BCUT2D eigenvalue weighted by Gasteiger charge is 2.23. The van der Waals surface area contributed by atoms with Crippen molar-refractivity contribution in [2.75, 3.05) is 19.8 Å². The van der Waals surface area contributed by atoms with E-state index in [1.54, 1.807) is 27.6 Å². The minimum absolute atomic E-state index is 0.844. The molecule has 0 radical (unpaired) electrons. The van der Waals surface area contributed by atoms with Crippen molar-refractivity contribution in [1.29, 1.82) is 0 Å². The third-order valence-corrected chi connectivity index (χ3v) is 5.22. The fraction of sp³-hybridized carbons (Fsp3) is 0.455. The summed E-state index contributed by atoms with van der Waals surface area (Å²) in [6, 6.07) is 0. The largest absolute Gasteiger partial charge is 0.301 e. The van der Waals surface area contributed by atoms with Gasteiger partial charge >= 0.3 is 0 Å². The molecule has 0 unspecified atom stereocenters. The van der Waals surface area contributed by atoms with E-state index in [4.69, 9.17) is 4.98 Å². The number of hydrogen-bond acceptors (Lipinski definition) is 7. The van der Waals surface area contributed by atoms with Gasteiger partial charge in [0, 0.05) is 18.0 Å². The Hall–Kier alpha value is -1.25. The van der Waals surface area contributed by atoms with Gasteiger partial charge in [-0.05, 0) is 35.7 Å². The smallest absolute Gasteiger partial charge is 0.193 e. The van der Waals surface area contributed by atoms with Gasteiger partial charge in [-0.15, -0.1) is 16.4 Å². The second-order valence-electron chi connectivity index (χ2n) is 4.68. The first-order valence-corrected chi connectivity index (χ1v) is 8.07. The number of aromatic nitrogens is 5. The van der Waals surface area contributed by atoms with Crippen LogP contribution in [0.4, 0.5) is 0 Å². The summed E-state index contributed by atoms with van der Waals surface area (Å²) < 4.78 is 1.75. The van der Waals surface area contributed by atoms with Crippen LogP contribution in [0.5, 0.6) is 0 Å². The standard InChI is InChI=1S/C11H12N6S2/c1-16-4-3-6-7(5-16)19-10-8(6)9-13-14-15-17(9)11(12-10)18-2/h3-5H2,1-2H3. The van der Waals surface area contributed by atoms with Crippen molar-refractivity contribution < 1.29 is 0 Å². The highest BCUT2D eigenvalue weighted by molar-refractivity contribution is 7.98. The van der Waals surface area contributed by atoms with Gasteiger partial charge in [-0.3, -0.25) is 0 Å². The molecule has 0 amide bonds. The quantitative estimate of drug-likeness (QED) is 0.500. The predicted molar refractivity (Wildman–Crippen MR) is 75.8 cm³/mol. The number of hydrogen-bond donors (Lipinski definition) is 0. The number of likely N-dealkylation sites (N-methyl/N-ethyl adjacent to an activating group) is 1. The van der Waals surface area contributed by atoms with E-state index in [1.807, 2.05) is 6.26 Å². The van der Waals surface area contributed by atoms with E-state index in [0.29, 0.717) is 0 Å². The maximum atomic E-state index is 4.71. The van der Waals surface area contributed by atoms with Crippen LogP contribution in [0.1, 0.15) is 10.4 Å². The van der Waals surface area contributed by atoms with E-state index >= 15 is 0 Å². The number of rotatable bonds is 1. The lowest BCUT2D eigenvalue weighted by Gasteiger charge is -2.21. The summed E-state index contributed by atoms with van der Waals surface area (Å²) in [6.45, 7) is 2.08. The first-order valence-electron chi connectivity index (χ1n) is 6.03. The van der Waals surface area contributed by atoms with Crippen LogP contribution < -0.4 is 0 Å². The molecule has 4 heterocycles. The van der Waals surface area contributed by atoms with Crippen molar-refractivity contribution in [3.63, 3.8) is 0 Å². The van der Waals surface area contributed by atoms with Gasteiger partial charge in [0.15, 0.2) is 10.8 Å². The van der Waals surface area contributed by atoms with Gasteiger partial charge in [-0.25, -0.2) is 4.98 Å². The molecule has 0 bridgehead atoms. The zero-order valence-corrected chi connectivity index (χ0v) is 12.3. The number of nitrogens with zero attached hydrogens (tertiary/aromatic N) is 6. The minimum atomic E-state index is 0.844. The van der Waals surface area contributed by atoms with Gasteiger partial charge in [0.1, 0.15) is 4.83 Å². The summed E-state index contributed by atoms with van der Waals surface area (Å²) in [5.41, 5.74) is 2.23. The van der Waals surface area contributed by atoms with Crippen LogP contribution in [0.25, 0.3) is 15.9 Å². The molecule has 3 aromatic rings. The van der Waals surface area contributed by atoms with E-state index in [2.05, 4.69) is 27.5 Å². The van der Waals surface area contributed by atoms with E-state index in [9.17, 15) is 0 Å². The van der Waals surface area contributed by atoms with Crippen molar-refractivity contribution in [2.24, 2.45) is 0 Å². The highest BCUT2D eigenvalue weighted by Crippen LogP contribution is 2.36. The Morgan fingerprint density at radius 1 is 1.37 bits per heavy atom. The van der Waals surface area contributed by atoms with E-state index < -0.39 is 0 Å². The Kier molecular flexibility index (Phi) is 2.51. The number of fused-ring (bicyclic) bond motifs is 5. The third kappa shape index (κ3) is 1.60. The van der Waals surface area contributed by atoms with Crippen LogP contribution in [-0.4, -0.2) is 49.8 Å². The summed E-state index contributed by atoms with van der Waals surface area (Å²) in [7, 11) is 2.16. The molecule has 0 fully saturated rings. The van der Waals surface area contributed by atoms with Crippen LogP contribution in [0.2, 0.25) is 0 Å².